The molecule has 4 rings (SSSR count). The van der Waals surface area contributed by atoms with Crippen molar-refractivity contribution in [1.29, 1.82) is 0 Å². The number of amides is 1. The summed E-state index contributed by atoms with van der Waals surface area (Å²) in [7, 11) is 0. The summed E-state index contributed by atoms with van der Waals surface area (Å²) in [6.45, 7) is -0.389. The standard InChI is InChI=1S/C23H19N3O3/c27-21(15-29-23(28)22-18-11-5-7-13-20(18)25-26-22)24-19-12-6-4-10-17(19)14-16-8-2-1-3-9-16/h1-13H,14-15H2,(H,24,27)(H,25,26). The number of ether oxygens (including phenoxy) is 1. The highest BCUT2D eigenvalue weighted by Gasteiger charge is 2.17. The topological polar surface area (TPSA) is 84.1 Å². The molecule has 1 aromatic heterocycles. The molecule has 6 nitrogen and oxygen atoms in total. The molecule has 3 aromatic carbocycles. The lowest BCUT2D eigenvalue weighted by Gasteiger charge is -2.11. The van der Waals surface area contributed by atoms with E-state index in [9.17, 15) is 9.59 Å². The van der Waals surface area contributed by atoms with Gasteiger partial charge in [-0.3, -0.25) is 9.89 Å². The lowest BCUT2D eigenvalue weighted by molar-refractivity contribution is -0.119. The number of benzene rings is 3. The van der Waals surface area contributed by atoms with Crippen LogP contribution >= 0.6 is 0 Å². The summed E-state index contributed by atoms with van der Waals surface area (Å²) in [4.78, 5) is 24.6. The van der Waals surface area contributed by atoms with Crippen LogP contribution in [0, 0.1) is 0 Å². The van der Waals surface area contributed by atoms with Crippen LogP contribution in [0.2, 0.25) is 0 Å². The molecule has 1 amide bonds. The number of para-hydroxylation sites is 2. The van der Waals surface area contributed by atoms with Crippen LogP contribution in [0.1, 0.15) is 21.6 Å². The molecule has 0 bridgehead atoms. The molecule has 0 spiro atoms. The normalized spacial score (nSPS) is 10.6. The van der Waals surface area contributed by atoms with Gasteiger partial charge in [0, 0.05) is 11.1 Å². The number of anilines is 1. The minimum absolute atomic E-state index is 0.165. The first-order chi connectivity index (χ1) is 14.2. The van der Waals surface area contributed by atoms with E-state index >= 15 is 0 Å². The summed E-state index contributed by atoms with van der Waals surface area (Å²) < 4.78 is 5.15. The van der Waals surface area contributed by atoms with Gasteiger partial charge < -0.3 is 10.1 Å². The third-order valence-electron chi connectivity index (χ3n) is 4.53. The lowest BCUT2D eigenvalue weighted by Crippen LogP contribution is -2.21. The number of nitrogens with one attached hydrogen (secondary N) is 2. The number of carbonyl (C=O) groups is 2. The molecule has 1 heterocycles. The fourth-order valence-corrected chi connectivity index (χ4v) is 3.12. The number of esters is 1. The Kier molecular flexibility index (Phi) is 5.33. The van der Waals surface area contributed by atoms with Gasteiger partial charge in [-0.15, -0.1) is 0 Å². The Bertz CT molecular complexity index is 1150. The number of hydrogen-bond acceptors (Lipinski definition) is 4. The SMILES string of the molecule is O=C(COC(=O)c1n[nH]c2ccccc12)Nc1ccccc1Cc1ccccc1. The molecule has 0 saturated heterocycles. The number of aromatic amines is 1. The largest absolute Gasteiger partial charge is 0.451 e. The molecule has 0 atom stereocenters. The van der Waals surface area contributed by atoms with E-state index in [2.05, 4.69) is 15.5 Å². The first kappa shape index (κ1) is 18.4. The Hall–Kier alpha value is -3.93. The Morgan fingerprint density at radius 3 is 2.48 bits per heavy atom. The second-order valence-electron chi connectivity index (χ2n) is 6.56. The fourth-order valence-electron chi connectivity index (χ4n) is 3.12. The predicted molar refractivity (Wildman–Crippen MR) is 111 cm³/mol. The van der Waals surface area contributed by atoms with Crippen LogP contribution in [0.15, 0.2) is 78.9 Å². The second-order valence-corrected chi connectivity index (χ2v) is 6.56. The minimum atomic E-state index is -0.643. The molecule has 0 fully saturated rings. The molecule has 29 heavy (non-hydrogen) atoms. The zero-order valence-corrected chi connectivity index (χ0v) is 15.6. The zero-order chi connectivity index (χ0) is 20.1. The van der Waals surface area contributed by atoms with Crippen molar-refractivity contribution in [2.45, 2.75) is 6.42 Å². The number of rotatable bonds is 6. The average Bonchev–Trinajstić information content (AvgIpc) is 3.18. The van der Waals surface area contributed by atoms with Gasteiger partial charge in [-0.2, -0.15) is 5.10 Å². The van der Waals surface area contributed by atoms with Crippen LogP contribution in [-0.4, -0.2) is 28.7 Å². The third kappa shape index (κ3) is 4.32. The van der Waals surface area contributed by atoms with Gasteiger partial charge in [0.1, 0.15) is 0 Å². The van der Waals surface area contributed by atoms with Crippen LogP contribution in [0.25, 0.3) is 10.9 Å². The maximum absolute atomic E-state index is 12.3. The molecular formula is C23H19N3O3. The summed E-state index contributed by atoms with van der Waals surface area (Å²) in [5, 5.41) is 10.2. The van der Waals surface area contributed by atoms with Gasteiger partial charge in [0.05, 0.1) is 5.52 Å². The number of hydrogen-bond donors (Lipinski definition) is 2. The molecule has 0 aliphatic carbocycles. The van der Waals surface area contributed by atoms with Crippen molar-refractivity contribution in [2.24, 2.45) is 0 Å². The van der Waals surface area contributed by atoms with E-state index in [1.165, 1.54) is 0 Å². The van der Waals surface area contributed by atoms with Gasteiger partial charge in [-0.05, 0) is 29.7 Å². The van der Waals surface area contributed by atoms with E-state index in [1.807, 2.05) is 72.8 Å². The van der Waals surface area contributed by atoms with Gasteiger partial charge in [0.15, 0.2) is 12.3 Å². The monoisotopic (exact) mass is 385 g/mol. The highest BCUT2D eigenvalue weighted by Crippen LogP contribution is 2.19. The van der Waals surface area contributed by atoms with E-state index in [0.717, 1.165) is 16.6 Å². The highest BCUT2D eigenvalue weighted by atomic mass is 16.5. The first-order valence-electron chi connectivity index (χ1n) is 9.22. The van der Waals surface area contributed by atoms with Gasteiger partial charge >= 0.3 is 5.97 Å². The van der Waals surface area contributed by atoms with Crippen molar-refractivity contribution in [1.82, 2.24) is 10.2 Å². The fraction of sp³-hybridized carbons (Fsp3) is 0.0870. The summed E-state index contributed by atoms with van der Waals surface area (Å²) in [6.07, 6.45) is 0.691. The Balaban J connectivity index is 1.39. The Labute approximate surface area is 167 Å². The van der Waals surface area contributed by atoms with Gasteiger partial charge in [-0.1, -0.05) is 66.7 Å². The van der Waals surface area contributed by atoms with Crippen molar-refractivity contribution >= 4 is 28.5 Å². The maximum atomic E-state index is 12.3. The molecule has 0 unspecified atom stereocenters. The lowest BCUT2D eigenvalue weighted by atomic mass is 10.0. The third-order valence-corrected chi connectivity index (χ3v) is 4.53. The van der Waals surface area contributed by atoms with Crippen LogP contribution in [0.5, 0.6) is 0 Å². The van der Waals surface area contributed by atoms with Gasteiger partial charge in [-0.25, -0.2) is 4.79 Å². The van der Waals surface area contributed by atoms with E-state index in [0.29, 0.717) is 17.5 Å². The smallest absolute Gasteiger partial charge is 0.359 e. The Morgan fingerprint density at radius 2 is 1.62 bits per heavy atom. The van der Waals surface area contributed by atoms with Crippen molar-refractivity contribution < 1.29 is 14.3 Å². The number of carbonyl (C=O) groups excluding carboxylic acids is 2. The van der Waals surface area contributed by atoms with Crippen molar-refractivity contribution in [3.63, 3.8) is 0 Å². The average molecular weight is 385 g/mol. The molecule has 0 saturated carbocycles. The molecule has 144 valence electrons. The van der Waals surface area contributed by atoms with E-state index in [1.54, 1.807) is 6.07 Å². The second kappa shape index (κ2) is 8.39. The van der Waals surface area contributed by atoms with E-state index < -0.39 is 11.9 Å². The summed E-state index contributed by atoms with van der Waals surface area (Å²) >= 11 is 0. The van der Waals surface area contributed by atoms with E-state index in [4.69, 9.17) is 4.74 Å². The zero-order valence-electron chi connectivity index (χ0n) is 15.6. The minimum Gasteiger partial charge on any atom is -0.451 e. The van der Waals surface area contributed by atoms with Crippen molar-refractivity contribution in [2.75, 3.05) is 11.9 Å². The highest BCUT2D eigenvalue weighted by molar-refractivity contribution is 6.03. The summed E-state index contributed by atoms with van der Waals surface area (Å²) in [5.74, 6) is -1.05. The first-order valence-corrected chi connectivity index (χ1v) is 9.22. The number of aromatic nitrogens is 2. The van der Waals surface area contributed by atoms with Crippen LogP contribution in [-0.2, 0) is 16.0 Å². The number of fused-ring (bicyclic) bond motifs is 1. The van der Waals surface area contributed by atoms with Gasteiger partial charge in [0.2, 0.25) is 0 Å². The number of nitrogens with zero attached hydrogens (tertiary/aromatic N) is 1. The predicted octanol–water partition coefficient (Wildman–Crippen LogP) is 3.95. The molecule has 0 aliphatic heterocycles. The molecule has 4 aromatic rings. The summed E-state index contributed by atoms with van der Waals surface area (Å²) in [6, 6.07) is 24.8. The Morgan fingerprint density at radius 1 is 0.897 bits per heavy atom. The van der Waals surface area contributed by atoms with Crippen LogP contribution in [0.4, 0.5) is 5.69 Å². The van der Waals surface area contributed by atoms with Gasteiger partial charge in [0.25, 0.3) is 5.91 Å². The number of H-pyrrole nitrogens is 1. The molecule has 0 radical (unpaired) electrons. The van der Waals surface area contributed by atoms with Crippen LogP contribution < -0.4 is 5.32 Å². The van der Waals surface area contributed by atoms with Crippen molar-refractivity contribution in [3.8, 4) is 0 Å². The quantitative estimate of drug-likeness (QED) is 0.492. The van der Waals surface area contributed by atoms with Crippen LogP contribution in [0.3, 0.4) is 0 Å². The molecule has 2 N–H and O–H groups in total. The molecule has 6 heteroatoms. The molecule has 0 aliphatic rings. The summed E-state index contributed by atoms with van der Waals surface area (Å²) in [5.41, 5.74) is 3.72. The molecular weight excluding hydrogens is 366 g/mol. The van der Waals surface area contributed by atoms with E-state index in [-0.39, 0.29) is 12.3 Å². The van der Waals surface area contributed by atoms with Crippen molar-refractivity contribution in [3.05, 3.63) is 95.7 Å². The maximum Gasteiger partial charge on any atom is 0.359 e.